The molecule has 0 aliphatic rings. The van der Waals surface area contributed by atoms with Crippen LogP contribution in [0.2, 0.25) is 0 Å². The molecule has 2 atom stereocenters. The van der Waals surface area contributed by atoms with Crippen molar-refractivity contribution in [3.63, 3.8) is 0 Å². The second-order valence-corrected chi connectivity index (χ2v) is 4.47. The summed E-state index contributed by atoms with van der Waals surface area (Å²) in [4.78, 5) is 11.9. The molecule has 1 amide bonds. The molecule has 0 fully saturated rings. The Morgan fingerprint density at radius 3 is 2.53 bits per heavy atom. The van der Waals surface area contributed by atoms with Crippen molar-refractivity contribution in [1.29, 1.82) is 0 Å². The van der Waals surface area contributed by atoms with Gasteiger partial charge in [0, 0.05) is 6.54 Å². The number of carbonyl (C=O) groups is 1. The summed E-state index contributed by atoms with van der Waals surface area (Å²) in [6.45, 7) is 4.30. The van der Waals surface area contributed by atoms with Crippen molar-refractivity contribution in [3.05, 3.63) is 30.3 Å². The van der Waals surface area contributed by atoms with Crippen molar-refractivity contribution in [2.45, 2.75) is 45.3 Å². The molecule has 4 heteroatoms. The van der Waals surface area contributed by atoms with Crippen molar-refractivity contribution in [3.8, 4) is 5.75 Å². The largest absolute Gasteiger partial charge is 0.481 e. The van der Waals surface area contributed by atoms with E-state index in [1.807, 2.05) is 44.2 Å². The number of rotatable bonds is 8. The molecule has 1 rings (SSSR count). The highest BCUT2D eigenvalue weighted by Gasteiger charge is 2.17. The van der Waals surface area contributed by atoms with Crippen LogP contribution >= 0.6 is 0 Å². The van der Waals surface area contributed by atoms with E-state index < -0.39 is 6.10 Å². The zero-order valence-corrected chi connectivity index (χ0v) is 11.6. The van der Waals surface area contributed by atoms with Crippen molar-refractivity contribution in [2.75, 3.05) is 6.54 Å². The minimum Gasteiger partial charge on any atom is -0.481 e. The van der Waals surface area contributed by atoms with Gasteiger partial charge < -0.3 is 15.2 Å². The number of aliphatic hydroxyl groups excluding tert-OH is 1. The van der Waals surface area contributed by atoms with Crippen LogP contribution in [0.5, 0.6) is 5.75 Å². The highest BCUT2D eigenvalue weighted by Crippen LogP contribution is 2.12. The van der Waals surface area contributed by atoms with Crippen molar-refractivity contribution >= 4 is 5.91 Å². The van der Waals surface area contributed by atoms with E-state index in [0.29, 0.717) is 31.6 Å². The van der Waals surface area contributed by atoms with E-state index >= 15 is 0 Å². The van der Waals surface area contributed by atoms with Crippen LogP contribution < -0.4 is 10.1 Å². The van der Waals surface area contributed by atoms with Crippen LogP contribution in [-0.4, -0.2) is 29.8 Å². The summed E-state index contributed by atoms with van der Waals surface area (Å²) in [5.41, 5.74) is 0. The molecule has 0 saturated heterocycles. The third-order valence-corrected chi connectivity index (χ3v) is 2.93. The van der Waals surface area contributed by atoms with Gasteiger partial charge in [-0.3, -0.25) is 4.79 Å². The van der Waals surface area contributed by atoms with Gasteiger partial charge in [0.05, 0.1) is 6.10 Å². The van der Waals surface area contributed by atoms with Gasteiger partial charge in [0.2, 0.25) is 0 Å². The third-order valence-electron chi connectivity index (χ3n) is 2.93. The molecule has 4 nitrogen and oxygen atoms in total. The van der Waals surface area contributed by atoms with Gasteiger partial charge in [-0.05, 0) is 31.4 Å². The van der Waals surface area contributed by atoms with Gasteiger partial charge in [-0.15, -0.1) is 0 Å². The Labute approximate surface area is 114 Å². The van der Waals surface area contributed by atoms with Gasteiger partial charge in [-0.1, -0.05) is 32.0 Å². The number of ether oxygens (including phenoxy) is 1. The quantitative estimate of drug-likeness (QED) is 0.757. The Balaban J connectivity index is 2.39. The molecule has 1 aromatic rings. The lowest BCUT2D eigenvalue weighted by Crippen LogP contribution is -2.39. The van der Waals surface area contributed by atoms with E-state index in [2.05, 4.69) is 5.32 Å². The number of para-hydroxylation sites is 1. The summed E-state index contributed by atoms with van der Waals surface area (Å²) in [5.74, 6) is 0.563. The maximum atomic E-state index is 11.9. The molecular weight excluding hydrogens is 242 g/mol. The van der Waals surface area contributed by atoms with Gasteiger partial charge in [-0.2, -0.15) is 0 Å². The molecule has 0 aromatic heterocycles. The van der Waals surface area contributed by atoms with E-state index in [0.717, 1.165) is 0 Å². The highest BCUT2D eigenvalue weighted by atomic mass is 16.5. The predicted octanol–water partition coefficient (Wildman–Crippen LogP) is 2.12. The lowest BCUT2D eigenvalue weighted by molar-refractivity contribution is -0.128. The number of hydrogen-bond donors (Lipinski definition) is 2. The summed E-state index contributed by atoms with van der Waals surface area (Å²) >= 11 is 0. The minimum atomic E-state index is -0.485. The molecule has 0 aliphatic carbocycles. The van der Waals surface area contributed by atoms with E-state index in [-0.39, 0.29) is 12.0 Å². The average molecular weight is 265 g/mol. The summed E-state index contributed by atoms with van der Waals surface area (Å²) in [7, 11) is 0. The van der Waals surface area contributed by atoms with Gasteiger partial charge >= 0.3 is 0 Å². The maximum absolute atomic E-state index is 11.9. The van der Waals surface area contributed by atoms with Gasteiger partial charge in [-0.25, -0.2) is 0 Å². The molecule has 19 heavy (non-hydrogen) atoms. The topological polar surface area (TPSA) is 58.6 Å². The molecule has 0 heterocycles. The van der Waals surface area contributed by atoms with Crippen LogP contribution in [0.1, 0.15) is 33.1 Å². The molecule has 0 aliphatic heterocycles. The lowest BCUT2D eigenvalue weighted by Gasteiger charge is -2.17. The number of carbonyl (C=O) groups excluding carboxylic acids is 1. The normalized spacial score (nSPS) is 13.6. The molecular formula is C15H23NO3. The van der Waals surface area contributed by atoms with Crippen molar-refractivity contribution < 1.29 is 14.6 Å². The van der Waals surface area contributed by atoms with Crippen LogP contribution in [0.4, 0.5) is 0 Å². The second kappa shape index (κ2) is 8.53. The van der Waals surface area contributed by atoms with E-state index in [4.69, 9.17) is 4.74 Å². The Hall–Kier alpha value is -1.55. The van der Waals surface area contributed by atoms with E-state index in [9.17, 15) is 9.90 Å². The first-order valence-electron chi connectivity index (χ1n) is 6.84. The van der Waals surface area contributed by atoms with Crippen LogP contribution in [-0.2, 0) is 4.79 Å². The Bertz CT molecular complexity index is 367. The molecule has 1 aromatic carbocycles. The summed E-state index contributed by atoms with van der Waals surface area (Å²) < 4.78 is 5.63. The van der Waals surface area contributed by atoms with Gasteiger partial charge in [0.15, 0.2) is 6.10 Å². The van der Waals surface area contributed by atoms with Crippen molar-refractivity contribution in [1.82, 2.24) is 5.32 Å². The van der Waals surface area contributed by atoms with Crippen LogP contribution in [0.15, 0.2) is 30.3 Å². The summed E-state index contributed by atoms with van der Waals surface area (Å²) in [6, 6.07) is 9.31. The van der Waals surface area contributed by atoms with Crippen molar-refractivity contribution in [2.24, 2.45) is 0 Å². The Kier molecular flexibility index (Phi) is 6.97. The van der Waals surface area contributed by atoms with Crippen LogP contribution in [0.3, 0.4) is 0 Å². The molecule has 2 N–H and O–H groups in total. The Morgan fingerprint density at radius 1 is 1.26 bits per heavy atom. The van der Waals surface area contributed by atoms with E-state index in [1.165, 1.54) is 0 Å². The molecule has 2 unspecified atom stereocenters. The number of benzene rings is 1. The van der Waals surface area contributed by atoms with Crippen LogP contribution in [0, 0.1) is 0 Å². The smallest absolute Gasteiger partial charge is 0.261 e. The second-order valence-electron chi connectivity index (χ2n) is 4.47. The Morgan fingerprint density at radius 2 is 1.95 bits per heavy atom. The first-order valence-corrected chi connectivity index (χ1v) is 6.84. The standard InChI is InChI=1S/C15H23NO3/c1-3-12(17)10-11-16-15(18)14(4-2)19-13-8-6-5-7-9-13/h5-9,12,14,17H,3-4,10-11H2,1-2H3,(H,16,18). The molecule has 0 bridgehead atoms. The molecule has 0 radical (unpaired) electrons. The molecule has 0 saturated carbocycles. The monoisotopic (exact) mass is 265 g/mol. The lowest BCUT2D eigenvalue weighted by atomic mass is 10.2. The summed E-state index contributed by atoms with van der Waals surface area (Å²) in [6.07, 6.45) is 1.05. The number of nitrogens with one attached hydrogen (secondary N) is 1. The van der Waals surface area contributed by atoms with Gasteiger partial charge in [0.1, 0.15) is 5.75 Å². The fourth-order valence-corrected chi connectivity index (χ4v) is 1.67. The number of hydrogen-bond acceptors (Lipinski definition) is 3. The van der Waals surface area contributed by atoms with Crippen LogP contribution in [0.25, 0.3) is 0 Å². The molecule has 0 spiro atoms. The zero-order valence-electron chi connectivity index (χ0n) is 11.6. The zero-order chi connectivity index (χ0) is 14.1. The first-order chi connectivity index (χ1) is 9.17. The fourth-order valence-electron chi connectivity index (χ4n) is 1.67. The summed E-state index contributed by atoms with van der Waals surface area (Å²) in [5, 5.41) is 12.2. The fraction of sp³-hybridized carbons (Fsp3) is 0.533. The minimum absolute atomic E-state index is 0.130. The average Bonchev–Trinajstić information content (AvgIpc) is 2.45. The first kappa shape index (κ1) is 15.5. The van der Waals surface area contributed by atoms with Gasteiger partial charge in [0.25, 0.3) is 5.91 Å². The predicted molar refractivity (Wildman–Crippen MR) is 75.1 cm³/mol. The third kappa shape index (κ3) is 5.75. The maximum Gasteiger partial charge on any atom is 0.261 e. The number of aliphatic hydroxyl groups is 1. The number of amides is 1. The highest BCUT2D eigenvalue weighted by molar-refractivity contribution is 5.81. The SMILES string of the molecule is CCC(O)CCNC(=O)C(CC)Oc1ccccc1. The van der Waals surface area contributed by atoms with E-state index in [1.54, 1.807) is 0 Å². The molecule has 106 valence electrons.